The van der Waals surface area contributed by atoms with Crippen LogP contribution in [0.3, 0.4) is 0 Å². The van der Waals surface area contributed by atoms with Crippen LogP contribution in [0.15, 0.2) is 48.5 Å². The van der Waals surface area contributed by atoms with Gasteiger partial charge in [-0.2, -0.15) is 0 Å². The first-order chi connectivity index (χ1) is 12.7. The van der Waals surface area contributed by atoms with Gasteiger partial charge in [0.05, 0.1) is 12.3 Å². The number of para-hydroxylation sites is 2. The quantitative estimate of drug-likeness (QED) is 0.799. The SMILES string of the molecule is CCOc1ccccc1N1CCN(C(=O)COc2ccc(C)cc2)CC1. The lowest BCUT2D eigenvalue weighted by molar-refractivity contribution is -0.133. The molecule has 1 saturated heterocycles. The van der Waals surface area contributed by atoms with E-state index in [0.717, 1.165) is 30.3 Å². The number of benzene rings is 2. The van der Waals surface area contributed by atoms with Crippen molar-refractivity contribution in [1.29, 1.82) is 0 Å². The highest BCUT2D eigenvalue weighted by Crippen LogP contribution is 2.28. The molecule has 0 atom stereocenters. The van der Waals surface area contributed by atoms with Crippen molar-refractivity contribution < 1.29 is 14.3 Å². The number of amides is 1. The molecule has 0 unspecified atom stereocenters. The summed E-state index contributed by atoms with van der Waals surface area (Å²) in [6, 6.07) is 15.8. The summed E-state index contributed by atoms with van der Waals surface area (Å²) in [5.41, 5.74) is 2.27. The molecule has 0 N–H and O–H groups in total. The largest absolute Gasteiger partial charge is 0.492 e. The molecular weight excluding hydrogens is 328 g/mol. The summed E-state index contributed by atoms with van der Waals surface area (Å²) in [6.45, 7) is 7.71. The maximum atomic E-state index is 12.4. The average molecular weight is 354 g/mol. The van der Waals surface area contributed by atoms with Crippen LogP contribution in [0.25, 0.3) is 0 Å². The number of anilines is 1. The number of piperazine rings is 1. The van der Waals surface area contributed by atoms with Gasteiger partial charge in [0, 0.05) is 26.2 Å². The van der Waals surface area contributed by atoms with E-state index in [1.165, 1.54) is 5.56 Å². The van der Waals surface area contributed by atoms with E-state index in [1.807, 2.05) is 61.2 Å². The van der Waals surface area contributed by atoms with E-state index in [0.29, 0.717) is 19.7 Å². The summed E-state index contributed by atoms with van der Waals surface area (Å²) in [6.07, 6.45) is 0. The van der Waals surface area contributed by atoms with Crippen molar-refractivity contribution in [2.45, 2.75) is 13.8 Å². The monoisotopic (exact) mass is 354 g/mol. The van der Waals surface area contributed by atoms with Crippen LogP contribution < -0.4 is 14.4 Å². The van der Waals surface area contributed by atoms with Gasteiger partial charge in [-0.3, -0.25) is 4.79 Å². The molecule has 1 aliphatic rings. The summed E-state index contributed by atoms with van der Waals surface area (Å²) in [7, 11) is 0. The lowest BCUT2D eigenvalue weighted by Crippen LogP contribution is -2.50. The van der Waals surface area contributed by atoms with Gasteiger partial charge in [0.15, 0.2) is 6.61 Å². The van der Waals surface area contributed by atoms with Crippen molar-refractivity contribution in [3.63, 3.8) is 0 Å². The fourth-order valence-electron chi connectivity index (χ4n) is 3.06. The predicted molar refractivity (Wildman–Crippen MR) is 103 cm³/mol. The zero-order valence-electron chi connectivity index (χ0n) is 15.5. The number of nitrogens with zero attached hydrogens (tertiary/aromatic N) is 2. The second-order valence-electron chi connectivity index (χ2n) is 6.37. The van der Waals surface area contributed by atoms with Gasteiger partial charge in [-0.1, -0.05) is 29.8 Å². The summed E-state index contributed by atoms with van der Waals surface area (Å²) in [5.74, 6) is 1.66. The lowest BCUT2D eigenvalue weighted by Gasteiger charge is -2.36. The molecule has 2 aromatic rings. The first-order valence-corrected chi connectivity index (χ1v) is 9.11. The number of ether oxygens (including phenoxy) is 2. The Balaban J connectivity index is 1.51. The van der Waals surface area contributed by atoms with Crippen LogP contribution in [-0.4, -0.2) is 50.2 Å². The zero-order valence-corrected chi connectivity index (χ0v) is 15.5. The number of carbonyl (C=O) groups excluding carboxylic acids is 1. The minimum Gasteiger partial charge on any atom is -0.492 e. The smallest absolute Gasteiger partial charge is 0.260 e. The molecule has 0 bridgehead atoms. The van der Waals surface area contributed by atoms with Gasteiger partial charge in [0.25, 0.3) is 5.91 Å². The first kappa shape index (κ1) is 18.1. The van der Waals surface area contributed by atoms with Crippen LogP contribution in [0.1, 0.15) is 12.5 Å². The Kier molecular flexibility index (Phi) is 6.00. The van der Waals surface area contributed by atoms with E-state index in [-0.39, 0.29) is 12.5 Å². The molecule has 1 aliphatic heterocycles. The summed E-state index contributed by atoms with van der Waals surface area (Å²) < 4.78 is 11.3. The first-order valence-electron chi connectivity index (χ1n) is 9.11. The minimum absolute atomic E-state index is 0.0309. The number of hydrogen-bond acceptors (Lipinski definition) is 4. The van der Waals surface area contributed by atoms with Crippen LogP contribution in [0, 0.1) is 6.92 Å². The number of hydrogen-bond donors (Lipinski definition) is 0. The molecule has 0 saturated carbocycles. The third-order valence-corrected chi connectivity index (χ3v) is 4.52. The Morgan fingerprint density at radius 2 is 1.65 bits per heavy atom. The van der Waals surface area contributed by atoms with Crippen molar-refractivity contribution in [2.75, 3.05) is 44.3 Å². The summed E-state index contributed by atoms with van der Waals surface area (Å²) in [5, 5.41) is 0. The molecule has 0 radical (unpaired) electrons. The molecule has 0 aromatic heterocycles. The summed E-state index contributed by atoms with van der Waals surface area (Å²) in [4.78, 5) is 16.6. The van der Waals surface area contributed by atoms with E-state index < -0.39 is 0 Å². The highest BCUT2D eigenvalue weighted by molar-refractivity contribution is 5.78. The molecule has 1 amide bonds. The van der Waals surface area contributed by atoms with E-state index >= 15 is 0 Å². The van der Waals surface area contributed by atoms with Crippen molar-refractivity contribution >= 4 is 11.6 Å². The third-order valence-electron chi connectivity index (χ3n) is 4.52. The van der Waals surface area contributed by atoms with Gasteiger partial charge < -0.3 is 19.3 Å². The normalized spacial score (nSPS) is 14.2. The minimum atomic E-state index is 0.0309. The highest BCUT2D eigenvalue weighted by Gasteiger charge is 2.23. The Hall–Kier alpha value is -2.69. The number of carbonyl (C=O) groups is 1. The summed E-state index contributed by atoms with van der Waals surface area (Å²) >= 11 is 0. The van der Waals surface area contributed by atoms with Crippen molar-refractivity contribution in [1.82, 2.24) is 4.90 Å². The Morgan fingerprint density at radius 3 is 2.35 bits per heavy atom. The molecule has 3 rings (SSSR count). The van der Waals surface area contributed by atoms with Crippen LogP contribution >= 0.6 is 0 Å². The second-order valence-corrected chi connectivity index (χ2v) is 6.37. The van der Waals surface area contributed by atoms with Crippen LogP contribution in [0.2, 0.25) is 0 Å². The van der Waals surface area contributed by atoms with Crippen LogP contribution in [0.4, 0.5) is 5.69 Å². The molecule has 0 spiro atoms. The highest BCUT2D eigenvalue weighted by atomic mass is 16.5. The van der Waals surface area contributed by atoms with Crippen molar-refractivity contribution in [2.24, 2.45) is 0 Å². The maximum Gasteiger partial charge on any atom is 0.260 e. The van der Waals surface area contributed by atoms with Crippen molar-refractivity contribution in [3.8, 4) is 11.5 Å². The zero-order chi connectivity index (χ0) is 18.4. The molecule has 5 heteroatoms. The van der Waals surface area contributed by atoms with E-state index in [9.17, 15) is 4.79 Å². The molecule has 5 nitrogen and oxygen atoms in total. The van der Waals surface area contributed by atoms with Gasteiger partial charge in [0.2, 0.25) is 0 Å². The van der Waals surface area contributed by atoms with Gasteiger partial charge in [-0.05, 0) is 38.1 Å². The van der Waals surface area contributed by atoms with Crippen molar-refractivity contribution in [3.05, 3.63) is 54.1 Å². The van der Waals surface area contributed by atoms with Gasteiger partial charge >= 0.3 is 0 Å². The van der Waals surface area contributed by atoms with Gasteiger partial charge in [-0.15, -0.1) is 0 Å². The average Bonchev–Trinajstić information content (AvgIpc) is 2.68. The van der Waals surface area contributed by atoms with Gasteiger partial charge in [-0.25, -0.2) is 0 Å². The maximum absolute atomic E-state index is 12.4. The molecule has 26 heavy (non-hydrogen) atoms. The lowest BCUT2D eigenvalue weighted by atomic mass is 10.2. The number of aryl methyl sites for hydroxylation is 1. The second kappa shape index (κ2) is 8.61. The molecular formula is C21H26N2O3. The molecule has 138 valence electrons. The topological polar surface area (TPSA) is 42.0 Å². The predicted octanol–water partition coefficient (Wildman–Crippen LogP) is 3.12. The van der Waals surface area contributed by atoms with E-state index in [2.05, 4.69) is 11.0 Å². The fraction of sp³-hybridized carbons (Fsp3) is 0.381. The van der Waals surface area contributed by atoms with Crippen LogP contribution in [0.5, 0.6) is 11.5 Å². The Labute approximate surface area is 155 Å². The van der Waals surface area contributed by atoms with E-state index in [1.54, 1.807) is 0 Å². The molecule has 2 aromatic carbocycles. The Morgan fingerprint density at radius 1 is 0.962 bits per heavy atom. The number of rotatable bonds is 6. The molecule has 1 fully saturated rings. The standard InChI is InChI=1S/C21H26N2O3/c1-3-25-20-7-5-4-6-19(20)22-12-14-23(15-13-22)21(24)16-26-18-10-8-17(2)9-11-18/h4-11H,3,12-16H2,1-2H3. The van der Waals surface area contributed by atoms with Crippen LogP contribution in [-0.2, 0) is 4.79 Å². The third kappa shape index (κ3) is 4.48. The Bertz CT molecular complexity index is 722. The fourth-order valence-corrected chi connectivity index (χ4v) is 3.06. The molecule has 1 heterocycles. The molecule has 0 aliphatic carbocycles. The van der Waals surface area contributed by atoms with Gasteiger partial charge in [0.1, 0.15) is 11.5 Å². The van der Waals surface area contributed by atoms with E-state index in [4.69, 9.17) is 9.47 Å².